The molecule has 0 radical (unpaired) electrons. The minimum atomic E-state index is -0.593. The summed E-state index contributed by atoms with van der Waals surface area (Å²) in [5.41, 5.74) is 1.67. The lowest BCUT2D eigenvalue weighted by molar-refractivity contribution is 0.0949. The third-order valence-electron chi connectivity index (χ3n) is 1.80. The Morgan fingerprint density at radius 3 is 2.69 bits per heavy atom. The van der Waals surface area contributed by atoms with Crippen LogP contribution in [0, 0.1) is 6.92 Å². The summed E-state index contributed by atoms with van der Waals surface area (Å²) in [6.07, 6.45) is 0.186. The quantitative estimate of drug-likeness (QED) is 0.527. The number of rotatable bonds is 3. The zero-order chi connectivity index (χ0) is 9.84. The van der Waals surface area contributed by atoms with Crippen molar-refractivity contribution in [3.8, 4) is 0 Å². The van der Waals surface area contributed by atoms with Crippen LogP contribution in [0.1, 0.15) is 22.3 Å². The molecule has 1 aromatic rings. The van der Waals surface area contributed by atoms with Gasteiger partial charge in [-0.2, -0.15) is 0 Å². The maximum atomic E-state index is 11.5. The van der Waals surface area contributed by atoms with Crippen molar-refractivity contribution >= 4 is 28.4 Å². The molecule has 0 aliphatic rings. The molecule has 0 heterocycles. The molecule has 0 aromatic heterocycles. The largest absolute Gasteiger partial charge is 0.382 e. The van der Waals surface area contributed by atoms with Crippen LogP contribution in [0.2, 0.25) is 0 Å². The Hall–Kier alpha value is -0.420. The van der Waals surface area contributed by atoms with Crippen molar-refractivity contribution in [3.05, 3.63) is 35.4 Å². The Morgan fingerprint density at radius 2 is 2.15 bits per heavy atom. The molecular formula is C10H11IO2. The van der Waals surface area contributed by atoms with Gasteiger partial charge in [-0.3, -0.25) is 4.79 Å². The van der Waals surface area contributed by atoms with E-state index in [2.05, 4.69) is 0 Å². The number of carbonyl (C=O) groups excluding carboxylic acids is 1. The highest BCUT2D eigenvalue weighted by atomic mass is 127. The van der Waals surface area contributed by atoms with Crippen LogP contribution in [-0.2, 0) is 0 Å². The summed E-state index contributed by atoms with van der Waals surface area (Å²) in [5.74, 6) is 0.000000000000000222. The minimum absolute atomic E-state index is 0.000000000000000222. The van der Waals surface area contributed by atoms with Gasteiger partial charge < -0.3 is 5.11 Å². The highest BCUT2D eigenvalue weighted by Crippen LogP contribution is 2.12. The Balaban J connectivity index is 2.83. The van der Waals surface area contributed by atoms with Crippen LogP contribution in [0.4, 0.5) is 0 Å². The van der Waals surface area contributed by atoms with Gasteiger partial charge in [0.1, 0.15) is 4.11 Å². The number of carbonyl (C=O) groups is 1. The molecule has 0 saturated carbocycles. The predicted octanol–water partition coefficient (Wildman–Crippen LogP) is 2.32. The Bertz CT molecular complexity index is 308. The van der Waals surface area contributed by atoms with Crippen molar-refractivity contribution in [3.63, 3.8) is 0 Å². The topological polar surface area (TPSA) is 37.3 Å². The van der Waals surface area contributed by atoms with E-state index in [1.807, 2.05) is 47.7 Å². The molecule has 2 nitrogen and oxygen atoms in total. The van der Waals surface area contributed by atoms with Crippen LogP contribution >= 0.6 is 22.6 Å². The van der Waals surface area contributed by atoms with Crippen LogP contribution in [0.5, 0.6) is 0 Å². The average Bonchev–Trinajstić information content (AvgIpc) is 2.03. The summed E-state index contributed by atoms with van der Waals surface area (Å²) in [6.45, 7) is 1.90. The van der Waals surface area contributed by atoms with E-state index in [0.717, 1.165) is 5.56 Å². The van der Waals surface area contributed by atoms with E-state index >= 15 is 0 Å². The first kappa shape index (κ1) is 10.7. The highest BCUT2D eigenvalue weighted by Gasteiger charge is 2.11. The highest BCUT2D eigenvalue weighted by molar-refractivity contribution is 14.1. The maximum Gasteiger partial charge on any atom is 0.166 e. The Morgan fingerprint density at radius 1 is 1.54 bits per heavy atom. The molecule has 1 N–H and O–H groups in total. The molecule has 0 aliphatic heterocycles. The summed E-state index contributed by atoms with van der Waals surface area (Å²) in [4.78, 5) is 11.5. The van der Waals surface area contributed by atoms with E-state index in [1.54, 1.807) is 6.07 Å². The Kier molecular flexibility index (Phi) is 3.87. The summed E-state index contributed by atoms with van der Waals surface area (Å²) in [5, 5.41) is 9.04. The van der Waals surface area contributed by atoms with Crippen molar-refractivity contribution in [2.24, 2.45) is 0 Å². The van der Waals surface area contributed by atoms with Crippen LogP contribution in [0.25, 0.3) is 0 Å². The number of alkyl halides is 1. The number of aliphatic hydroxyl groups is 1. The van der Waals surface area contributed by atoms with Gasteiger partial charge in [0.25, 0.3) is 0 Å². The number of aliphatic hydroxyl groups excluding tert-OH is 1. The second-order valence-electron chi connectivity index (χ2n) is 2.88. The van der Waals surface area contributed by atoms with E-state index in [0.29, 0.717) is 5.56 Å². The van der Waals surface area contributed by atoms with Gasteiger partial charge >= 0.3 is 0 Å². The molecule has 0 fully saturated rings. The van der Waals surface area contributed by atoms with Gasteiger partial charge in [0, 0.05) is 12.0 Å². The van der Waals surface area contributed by atoms with E-state index < -0.39 is 4.11 Å². The van der Waals surface area contributed by atoms with Crippen molar-refractivity contribution in [2.45, 2.75) is 17.5 Å². The molecule has 1 aromatic carbocycles. The van der Waals surface area contributed by atoms with Gasteiger partial charge in [0.15, 0.2) is 5.78 Å². The average molecular weight is 290 g/mol. The van der Waals surface area contributed by atoms with E-state index in [9.17, 15) is 4.79 Å². The van der Waals surface area contributed by atoms with Crippen LogP contribution in [0.15, 0.2) is 24.3 Å². The monoisotopic (exact) mass is 290 g/mol. The molecule has 0 aliphatic carbocycles. The number of halogens is 1. The maximum absolute atomic E-state index is 11.5. The second-order valence-corrected chi connectivity index (χ2v) is 4.31. The first-order valence-electron chi connectivity index (χ1n) is 4.02. The fourth-order valence-electron chi connectivity index (χ4n) is 1.15. The molecule has 13 heavy (non-hydrogen) atoms. The van der Waals surface area contributed by atoms with Gasteiger partial charge in [-0.15, -0.1) is 0 Å². The number of hydrogen-bond donors (Lipinski definition) is 1. The number of aryl methyl sites for hydroxylation is 1. The van der Waals surface area contributed by atoms with Gasteiger partial charge in [0.2, 0.25) is 0 Å². The van der Waals surface area contributed by atoms with Crippen molar-refractivity contribution in [1.29, 1.82) is 0 Å². The molecule has 70 valence electrons. The standard InChI is InChI=1S/C10H11IO2/c1-7-4-2-3-5-8(7)9(12)6-10(11)13/h2-5,10,13H,6H2,1H3. The molecule has 0 saturated heterocycles. The molecule has 0 bridgehead atoms. The number of hydrogen-bond acceptors (Lipinski definition) is 2. The molecule has 1 atom stereocenters. The molecule has 3 heteroatoms. The summed E-state index contributed by atoms with van der Waals surface area (Å²) in [7, 11) is 0. The summed E-state index contributed by atoms with van der Waals surface area (Å²) in [6, 6.07) is 7.41. The smallest absolute Gasteiger partial charge is 0.166 e. The third kappa shape index (κ3) is 3.08. The van der Waals surface area contributed by atoms with Gasteiger partial charge in [-0.25, -0.2) is 0 Å². The third-order valence-corrected chi connectivity index (χ3v) is 2.24. The van der Waals surface area contributed by atoms with Crippen molar-refractivity contribution < 1.29 is 9.90 Å². The van der Waals surface area contributed by atoms with Crippen molar-refractivity contribution in [2.75, 3.05) is 0 Å². The van der Waals surface area contributed by atoms with E-state index in [-0.39, 0.29) is 12.2 Å². The lowest BCUT2D eigenvalue weighted by atomic mass is 10.0. The van der Waals surface area contributed by atoms with E-state index in [4.69, 9.17) is 5.11 Å². The predicted molar refractivity (Wildman–Crippen MR) is 60.2 cm³/mol. The first-order valence-corrected chi connectivity index (χ1v) is 5.27. The molecule has 1 rings (SSSR count). The second kappa shape index (κ2) is 4.72. The fourth-order valence-corrected chi connectivity index (χ4v) is 1.55. The van der Waals surface area contributed by atoms with Gasteiger partial charge in [0.05, 0.1) is 0 Å². The summed E-state index contributed by atoms with van der Waals surface area (Å²) >= 11 is 1.83. The lowest BCUT2D eigenvalue weighted by Crippen LogP contribution is -2.08. The number of benzene rings is 1. The van der Waals surface area contributed by atoms with Gasteiger partial charge in [-0.05, 0) is 12.5 Å². The SMILES string of the molecule is Cc1ccccc1C(=O)CC(O)I. The molecule has 1 unspecified atom stereocenters. The fraction of sp³-hybridized carbons (Fsp3) is 0.300. The van der Waals surface area contributed by atoms with Gasteiger partial charge in [-0.1, -0.05) is 46.9 Å². The lowest BCUT2D eigenvalue weighted by Gasteiger charge is -2.04. The van der Waals surface area contributed by atoms with Crippen LogP contribution in [-0.4, -0.2) is 15.0 Å². The van der Waals surface area contributed by atoms with E-state index in [1.165, 1.54) is 0 Å². The zero-order valence-corrected chi connectivity index (χ0v) is 9.48. The number of ketones is 1. The molecule has 0 spiro atoms. The summed E-state index contributed by atoms with van der Waals surface area (Å²) < 4.78 is -0.593. The van der Waals surface area contributed by atoms with Crippen LogP contribution < -0.4 is 0 Å². The number of Topliss-reactive ketones (excluding diaryl/α,β-unsaturated/α-hetero) is 1. The zero-order valence-electron chi connectivity index (χ0n) is 7.33. The molecule has 0 amide bonds. The minimum Gasteiger partial charge on any atom is -0.382 e. The first-order chi connectivity index (χ1) is 6.11. The van der Waals surface area contributed by atoms with Crippen LogP contribution in [0.3, 0.4) is 0 Å². The van der Waals surface area contributed by atoms with Crippen molar-refractivity contribution in [1.82, 2.24) is 0 Å². The normalized spacial score (nSPS) is 12.5. The Labute approximate surface area is 91.1 Å². The molecular weight excluding hydrogens is 279 g/mol.